The summed E-state index contributed by atoms with van der Waals surface area (Å²) in [4.78, 5) is 11.7. The number of rotatable bonds is 5. The molecule has 1 amide bonds. The van der Waals surface area contributed by atoms with Crippen LogP contribution in [-0.4, -0.2) is 33.4 Å². The molecule has 17 heavy (non-hydrogen) atoms. The van der Waals surface area contributed by atoms with Crippen LogP contribution in [0.4, 0.5) is 0 Å². The fraction of sp³-hybridized carbons (Fsp3) is 0.636. The van der Waals surface area contributed by atoms with Crippen LogP contribution in [0.1, 0.15) is 24.7 Å². The van der Waals surface area contributed by atoms with Gasteiger partial charge in [0.25, 0.3) is 0 Å². The van der Waals surface area contributed by atoms with Gasteiger partial charge in [-0.1, -0.05) is 11.6 Å². The lowest BCUT2D eigenvalue weighted by Crippen LogP contribution is -2.36. The molecule has 1 atom stereocenters. The summed E-state index contributed by atoms with van der Waals surface area (Å²) >= 11 is 5.99. The van der Waals surface area contributed by atoms with Gasteiger partial charge in [-0.3, -0.25) is 9.48 Å². The van der Waals surface area contributed by atoms with E-state index in [0.717, 1.165) is 11.4 Å². The quantitative estimate of drug-likeness (QED) is 0.830. The Morgan fingerprint density at radius 1 is 1.59 bits per heavy atom. The Kier molecular flexibility index (Phi) is 4.96. The first-order valence-electron chi connectivity index (χ1n) is 5.55. The molecule has 0 spiro atoms. The maximum Gasteiger partial charge on any atom is 0.241 e. The Morgan fingerprint density at radius 3 is 2.71 bits per heavy atom. The van der Waals surface area contributed by atoms with Gasteiger partial charge < -0.3 is 10.4 Å². The van der Waals surface area contributed by atoms with E-state index in [-0.39, 0.29) is 25.1 Å². The Labute approximate surface area is 106 Å². The lowest BCUT2D eigenvalue weighted by atomic mass is 10.2. The number of aryl methyl sites for hydroxylation is 1. The van der Waals surface area contributed by atoms with Gasteiger partial charge in [0.1, 0.15) is 6.54 Å². The van der Waals surface area contributed by atoms with E-state index in [1.165, 1.54) is 0 Å². The molecule has 1 heterocycles. The lowest BCUT2D eigenvalue weighted by molar-refractivity contribution is -0.122. The highest BCUT2D eigenvalue weighted by atomic mass is 35.5. The Balaban J connectivity index is 2.59. The summed E-state index contributed by atoms with van der Waals surface area (Å²) in [6, 6.07) is -0.0417. The molecule has 1 aromatic rings. The molecule has 0 aliphatic heterocycles. The van der Waals surface area contributed by atoms with Gasteiger partial charge in [-0.05, 0) is 27.2 Å². The molecule has 6 heteroatoms. The number of hydrogen-bond donors (Lipinski definition) is 2. The van der Waals surface area contributed by atoms with E-state index < -0.39 is 0 Å². The highest BCUT2D eigenvalue weighted by molar-refractivity contribution is 6.31. The highest BCUT2D eigenvalue weighted by Crippen LogP contribution is 2.18. The first-order chi connectivity index (χ1) is 7.95. The predicted octanol–water partition coefficient (Wildman–Crippen LogP) is 1.04. The van der Waals surface area contributed by atoms with Crippen molar-refractivity contribution >= 4 is 17.5 Å². The van der Waals surface area contributed by atoms with E-state index in [9.17, 15) is 4.79 Å². The molecule has 0 saturated heterocycles. The molecule has 0 aliphatic carbocycles. The van der Waals surface area contributed by atoms with Crippen molar-refractivity contribution in [2.45, 2.75) is 39.8 Å². The largest absolute Gasteiger partial charge is 0.396 e. The van der Waals surface area contributed by atoms with Crippen molar-refractivity contribution < 1.29 is 9.90 Å². The number of hydrogen-bond acceptors (Lipinski definition) is 3. The van der Waals surface area contributed by atoms with Crippen molar-refractivity contribution in [1.29, 1.82) is 0 Å². The fourth-order valence-corrected chi connectivity index (χ4v) is 1.69. The molecular formula is C11H18ClN3O2. The fourth-order valence-electron chi connectivity index (χ4n) is 1.55. The molecule has 2 N–H and O–H groups in total. The third-order valence-electron chi connectivity index (χ3n) is 2.56. The molecule has 0 radical (unpaired) electrons. The SMILES string of the molecule is Cc1nn(CC(=O)NC(C)CCO)c(C)c1Cl. The smallest absolute Gasteiger partial charge is 0.241 e. The Hall–Kier alpha value is -1.07. The van der Waals surface area contributed by atoms with Gasteiger partial charge in [-0.25, -0.2) is 0 Å². The van der Waals surface area contributed by atoms with E-state index in [1.807, 2.05) is 13.8 Å². The van der Waals surface area contributed by atoms with Gasteiger partial charge in [0, 0.05) is 12.6 Å². The Morgan fingerprint density at radius 2 is 2.24 bits per heavy atom. The highest BCUT2D eigenvalue weighted by Gasteiger charge is 2.13. The number of aliphatic hydroxyl groups excluding tert-OH is 1. The first-order valence-corrected chi connectivity index (χ1v) is 5.93. The molecule has 0 fully saturated rings. The normalized spacial score (nSPS) is 12.5. The minimum Gasteiger partial charge on any atom is -0.396 e. The van der Waals surface area contributed by atoms with Crippen LogP contribution < -0.4 is 5.32 Å². The van der Waals surface area contributed by atoms with Crippen molar-refractivity contribution in [3.05, 3.63) is 16.4 Å². The third kappa shape index (κ3) is 3.71. The molecule has 0 aliphatic rings. The van der Waals surface area contributed by atoms with Gasteiger partial charge >= 0.3 is 0 Å². The number of amides is 1. The van der Waals surface area contributed by atoms with Gasteiger partial charge in [0.15, 0.2) is 0 Å². The number of halogens is 1. The van der Waals surface area contributed by atoms with Gasteiger partial charge in [0.2, 0.25) is 5.91 Å². The molecular weight excluding hydrogens is 242 g/mol. The number of carbonyl (C=O) groups excluding carboxylic acids is 1. The van der Waals surface area contributed by atoms with Crippen molar-refractivity contribution in [2.75, 3.05) is 6.61 Å². The number of aliphatic hydroxyl groups is 1. The number of nitrogens with zero attached hydrogens (tertiary/aromatic N) is 2. The van der Waals surface area contributed by atoms with Crippen molar-refractivity contribution in [2.24, 2.45) is 0 Å². The predicted molar refractivity (Wildman–Crippen MR) is 66.0 cm³/mol. The van der Waals surface area contributed by atoms with Crippen molar-refractivity contribution in [1.82, 2.24) is 15.1 Å². The van der Waals surface area contributed by atoms with Crippen LogP contribution in [-0.2, 0) is 11.3 Å². The minimum atomic E-state index is -0.131. The zero-order valence-corrected chi connectivity index (χ0v) is 11.1. The van der Waals surface area contributed by atoms with Crippen LogP contribution in [0.2, 0.25) is 5.02 Å². The molecule has 1 unspecified atom stereocenters. The van der Waals surface area contributed by atoms with Crippen LogP contribution in [0.25, 0.3) is 0 Å². The molecule has 96 valence electrons. The molecule has 1 aromatic heterocycles. The average Bonchev–Trinajstić information content (AvgIpc) is 2.46. The van der Waals surface area contributed by atoms with Crippen LogP contribution in [0.15, 0.2) is 0 Å². The standard InChI is InChI=1S/C11H18ClN3O2/c1-7(4-5-16)13-10(17)6-15-9(3)11(12)8(2)14-15/h7,16H,4-6H2,1-3H3,(H,13,17). The van der Waals surface area contributed by atoms with Crippen LogP contribution in [0.5, 0.6) is 0 Å². The summed E-state index contributed by atoms with van der Waals surface area (Å²) in [5.74, 6) is -0.131. The van der Waals surface area contributed by atoms with Gasteiger partial charge in [-0.15, -0.1) is 0 Å². The molecule has 0 bridgehead atoms. The number of carbonyl (C=O) groups is 1. The summed E-state index contributed by atoms with van der Waals surface area (Å²) in [5, 5.41) is 16.3. The maximum absolute atomic E-state index is 11.7. The Bertz CT molecular complexity index is 404. The van der Waals surface area contributed by atoms with E-state index in [4.69, 9.17) is 16.7 Å². The minimum absolute atomic E-state index is 0.0417. The summed E-state index contributed by atoms with van der Waals surface area (Å²) < 4.78 is 1.58. The second-order valence-electron chi connectivity index (χ2n) is 4.12. The molecule has 5 nitrogen and oxygen atoms in total. The summed E-state index contributed by atoms with van der Waals surface area (Å²) in [7, 11) is 0. The van der Waals surface area contributed by atoms with Gasteiger partial charge in [0.05, 0.1) is 16.4 Å². The third-order valence-corrected chi connectivity index (χ3v) is 3.10. The van der Waals surface area contributed by atoms with Crippen LogP contribution in [0, 0.1) is 13.8 Å². The second kappa shape index (κ2) is 6.02. The summed E-state index contributed by atoms with van der Waals surface area (Å²) in [6.07, 6.45) is 0.545. The van der Waals surface area contributed by atoms with Gasteiger partial charge in [-0.2, -0.15) is 5.10 Å². The zero-order chi connectivity index (χ0) is 13.0. The first kappa shape index (κ1) is 14.0. The molecule has 0 aromatic carbocycles. The molecule has 1 rings (SSSR count). The maximum atomic E-state index is 11.7. The van der Waals surface area contributed by atoms with E-state index in [2.05, 4.69) is 10.4 Å². The van der Waals surface area contributed by atoms with Crippen molar-refractivity contribution in [3.8, 4) is 0 Å². The van der Waals surface area contributed by atoms with E-state index in [0.29, 0.717) is 11.4 Å². The number of aromatic nitrogens is 2. The van der Waals surface area contributed by atoms with E-state index >= 15 is 0 Å². The summed E-state index contributed by atoms with van der Waals surface area (Å²) in [6.45, 7) is 5.69. The monoisotopic (exact) mass is 259 g/mol. The zero-order valence-electron chi connectivity index (χ0n) is 10.3. The summed E-state index contributed by atoms with van der Waals surface area (Å²) in [5.41, 5.74) is 1.51. The second-order valence-corrected chi connectivity index (χ2v) is 4.50. The average molecular weight is 260 g/mol. The number of nitrogens with one attached hydrogen (secondary N) is 1. The van der Waals surface area contributed by atoms with E-state index in [1.54, 1.807) is 11.6 Å². The van der Waals surface area contributed by atoms with Crippen molar-refractivity contribution in [3.63, 3.8) is 0 Å². The van der Waals surface area contributed by atoms with Crippen LogP contribution in [0.3, 0.4) is 0 Å². The topological polar surface area (TPSA) is 67.2 Å². The molecule has 0 saturated carbocycles. The lowest BCUT2D eigenvalue weighted by Gasteiger charge is -2.12. The van der Waals surface area contributed by atoms with Crippen LogP contribution >= 0.6 is 11.6 Å².